The second kappa shape index (κ2) is 7.06. The lowest BCUT2D eigenvalue weighted by Crippen LogP contribution is -2.37. The summed E-state index contributed by atoms with van der Waals surface area (Å²) in [6.07, 6.45) is 3.17. The molecule has 1 aromatic heterocycles. The van der Waals surface area contributed by atoms with E-state index in [9.17, 15) is 9.90 Å². The Morgan fingerprint density at radius 1 is 1.31 bits per heavy atom. The lowest BCUT2D eigenvalue weighted by atomic mass is 9.83. The topological polar surface area (TPSA) is 74.2 Å². The number of amides is 1. The van der Waals surface area contributed by atoms with Crippen LogP contribution in [-0.2, 0) is 5.41 Å². The highest BCUT2D eigenvalue weighted by molar-refractivity contribution is 5.97. The van der Waals surface area contributed by atoms with Gasteiger partial charge in [0, 0.05) is 24.5 Å². The molecule has 1 amide bonds. The Labute approximate surface area is 173 Å². The summed E-state index contributed by atoms with van der Waals surface area (Å²) < 4.78 is 0. The third kappa shape index (κ3) is 4.31. The molecule has 0 bridgehead atoms. The highest BCUT2D eigenvalue weighted by Gasteiger charge is 2.33. The Morgan fingerprint density at radius 2 is 2.03 bits per heavy atom. The third-order valence-corrected chi connectivity index (χ3v) is 6.20. The fourth-order valence-corrected chi connectivity index (χ4v) is 4.34. The van der Waals surface area contributed by atoms with Gasteiger partial charge in [-0.25, -0.2) is 4.98 Å². The highest BCUT2D eigenvalue weighted by atomic mass is 16.3. The van der Waals surface area contributed by atoms with Crippen molar-refractivity contribution in [1.82, 2.24) is 15.6 Å². The molecular formula is C24H33N3O2. The van der Waals surface area contributed by atoms with E-state index in [0.717, 1.165) is 16.5 Å². The number of hydrogen-bond donors (Lipinski definition) is 3. The van der Waals surface area contributed by atoms with Crippen molar-refractivity contribution < 1.29 is 9.90 Å². The van der Waals surface area contributed by atoms with E-state index in [4.69, 9.17) is 4.98 Å². The Morgan fingerprint density at radius 3 is 2.62 bits per heavy atom. The number of aliphatic hydroxyl groups is 1. The molecule has 0 radical (unpaired) electrons. The van der Waals surface area contributed by atoms with Gasteiger partial charge in [0.05, 0.1) is 11.1 Å². The second-order valence-corrected chi connectivity index (χ2v) is 10.3. The minimum atomic E-state index is -0.700. The van der Waals surface area contributed by atoms with Crippen LogP contribution < -0.4 is 10.6 Å². The first kappa shape index (κ1) is 20.3. The summed E-state index contributed by atoms with van der Waals surface area (Å²) in [6, 6.07) is 6.57. The number of nitrogens with zero attached hydrogens (tertiary/aromatic N) is 1. The predicted molar refractivity (Wildman–Crippen MR) is 117 cm³/mol. The number of carbonyl (C=O) groups excluding carboxylic acids is 1. The molecule has 2 fully saturated rings. The summed E-state index contributed by atoms with van der Waals surface area (Å²) in [5.41, 5.74) is 4.37. The van der Waals surface area contributed by atoms with Crippen LogP contribution in [0, 0.1) is 6.92 Å². The highest BCUT2D eigenvalue weighted by Crippen LogP contribution is 2.43. The number of aromatic nitrogens is 1. The standard InChI is InChI=1S/C24H33N3O2/c1-14-8-20(22(28)25-12-17-11-24(5,29)13-26-17)27-21-18(14)9-16(15-6-7-15)10-19(21)23(2,3)4/h8-10,15,17,26,29H,6-7,11-13H2,1-5H3,(H,25,28)/t17-,24-/m0/s1. The SMILES string of the molecule is Cc1cc(C(=O)NC[C@@H]2C[C@](C)(O)CN2)nc2c(C(C)(C)C)cc(C3CC3)cc12. The molecule has 1 aliphatic heterocycles. The molecule has 1 saturated heterocycles. The number of hydrogen-bond acceptors (Lipinski definition) is 4. The van der Waals surface area contributed by atoms with Gasteiger partial charge in [-0.05, 0) is 73.3 Å². The molecule has 5 nitrogen and oxygen atoms in total. The van der Waals surface area contributed by atoms with Crippen molar-refractivity contribution in [2.75, 3.05) is 13.1 Å². The lowest BCUT2D eigenvalue weighted by Gasteiger charge is -2.23. The first-order valence-electron chi connectivity index (χ1n) is 10.7. The Bertz CT molecular complexity index is 955. The van der Waals surface area contributed by atoms with Crippen molar-refractivity contribution in [1.29, 1.82) is 0 Å². The number of carbonyl (C=O) groups is 1. The van der Waals surface area contributed by atoms with E-state index >= 15 is 0 Å². The first-order valence-corrected chi connectivity index (χ1v) is 10.7. The quantitative estimate of drug-likeness (QED) is 0.740. The molecule has 0 unspecified atom stereocenters. The van der Waals surface area contributed by atoms with E-state index in [-0.39, 0.29) is 17.4 Å². The molecule has 4 rings (SSSR count). The van der Waals surface area contributed by atoms with Crippen LogP contribution in [-0.4, -0.2) is 40.7 Å². The lowest BCUT2D eigenvalue weighted by molar-refractivity contribution is 0.0784. The Balaban J connectivity index is 1.63. The number of nitrogens with one attached hydrogen (secondary N) is 2. The maximum Gasteiger partial charge on any atom is 0.269 e. The van der Waals surface area contributed by atoms with E-state index in [2.05, 4.69) is 50.5 Å². The van der Waals surface area contributed by atoms with Crippen LogP contribution in [0.4, 0.5) is 0 Å². The van der Waals surface area contributed by atoms with Gasteiger partial charge in [-0.3, -0.25) is 4.79 Å². The number of fused-ring (bicyclic) bond motifs is 1. The molecule has 156 valence electrons. The summed E-state index contributed by atoms with van der Waals surface area (Å²) in [7, 11) is 0. The Hall–Kier alpha value is -1.98. The average Bonchev–Trinajstić information content (AvgIpc) is 3.42. The van der Waals surface area contributed by atoms with Gasteiger partial charge >= 0.3 is 0 Å². The zero-order chi connectivity index (χ0) is 21.0. The number of aryl methyl sites for hydroxylation is 1. The smallest absolute Gasteiger partial charge is 0.269 e. The van der Waals surface area contributed by atoms with Gasteiger partial charge in [-0.1, -0.05) is 26.8 Å². The molecule has 1 saturated carbocycles. The van der Waals surface area contributed by atoms with Crippen LogP contribution in [0.2, 0.25) is 0 Å². The zero-order valence-corrected chi connectivity index (χ0v) is 18.2. The van der Waals surface area contributed by atoms with Gasteiger partial charge < -0.3 is 15.7 Å². The van der Waals surface area contributed by atoms with Crippen LogP contribution in [0.1, 0.15) is 80.1 Å². The fourth-order valence-electron chi connectivity index (χ4n) is 4.34. The maximum absolute atomic E-state index is 12.8. The van der Waals surface area contributed by atoms with Crippen molar-refractivity contribution in [3.63, 3.8) is 0 Å². The molecule has 2 aromatic rings. The van der Waals surface area contributed by atoms with Gasteiger partial charge in [0.25, 0.3) is 5.91 Å². The van der Waals surface area contributed by atoms with Crippen molar-refractivity contribution in [2.24, 2.45) is 0 Å². The summed E-state index contributed by atoms with van der Waals surface area (Å²) in [5.74, 6) is 0.522. The molecule has 1 aromatic carbocycles. The van der Waals surface area contributed by atoms with Crippen LogP contribution in [0.25, 0.3) is 10.9 Å². The molecule has 29 heavy (non-hydrogen) atoms. The summed E-state index contributed by atoms with van der Waals surface area (Å²) in [6.45, 7) is 11.6. The Kier molecular flexibility index (Phi) is 4.94. The second-order valence-electron chi connectivity index (χ2n) is 10.3. The van der Waals surface area contributed by atoms with Gasteiger partial charge in [0.2, 0.25) is 0 Å². The largest absolute Gasteiger partial charge is 0.389 e. The number of benzene rings is 1. The molecule has 3 N–H and O–H groups in total. The van der Waals surface area contributed by atoms with E-state index in [1.165, 1.54) is 24.0 Å². The van der Waals surface area contributed by atoms with Crippen molar-refractivity contribution in [3.8, 4) is 0 Å². The van der Waals surface area contributed by atoms with E-state index < -0.39 is 5.60 Å². The molecule has 5 heteroatoms. The van der Waals surface area contributed by atoms with Crippen molar-refractivity contribution in [3.05, 3.63) is 40.6 Å². The van der Waals surface area contributed by atoms with Gasteiger partial charge in [-0.2, -0.15) is 0 Å². The maximum atomic E-state index is 12.8. The zero-order valence-electron chi connectivity index (χ0n) is 18.2. The molecule has 2 heterocycles. The van der Waals surface area contributed by atoms with Crippen LogP contribution in [0.15, 0.2) is 18.2 Å². The van der Waals surface area contributed by atoms with Crippen LogP contribution in [0.5, 0.6) is 0 Å². The summed E-state index contributed by atoms with van der Waals surface area (Å²) >= 11 is 0. The minimum Gasteiger partial charge on any atom is -0.389 e. The number of pyridine rings is 1. The summed E-state index contributed by atoms with van der Waals surface area (Å²) in [5, 5.41) is 17.5. The predicted octanol–water partition coefficient (Wildman–Crippen LogP) is 3.56. The van der Waals surface area contributed by atoms with E-state index in [1.807, 2.05) is 13.0 Å². The average molecular weight is 396 g/mol. The van der Waals surface area contributed by atoms with E-state index in [0.29, 0.717) is 31.1 Å². The summed E-state index contributed by atoms with van der Waals surface area (Å²) in [4.78, 5) is 17.7. The molecule has 0 spiro atoms. The molecule has 2 aliphatic rings. The third-order valence-electron chi connectivity index (χ3n) is 6.20. The molecule has 2 atom stereocenters. The monoisotopic (exact) mass is 395 g/mol. The fraction of sp³-hybridized carbons (Fsp3) is 0.583. The minimum absolute atomic E-state index is 0.0446. The van der Waals surface area contributed by atoms with Crippen LogP contribution in [0.3, 0.4) is 0 Å². The molecular weight excluding hydrogens is 362 g/mol. The van der Waals surface area contributed by atoms with Gasteiger partial charge in [0.15, 0.2) is 0 Å². The van der Waals surface area contributed by atoms with Crippen LogP contribution >= 0.6 is 0 Å². The molecule has 1 aliphatic carbocycles. The number of β-amino-alcohol motifs (C(OH)–C–C–N with tert-alkyl or cyclic N) is 1. The van der Waals surface area contributed by atoms with E-state index in [1.54, 1.807) is 0 Å². The van der Waals surface area contributed by atoms with Gasteiger partial charge in [0.1, 0.15) is 5.69 Å². The first-order chi connectivity index (χ1) is 13.5. The normalized spacial score (nSPS) is 24.8. The van der Waals surface area contributed by atoms with Crippen molar-refractivity contribution >= 4 is 16.8 Å². The van der Waals surface area contributed by atoms with Crippen molar-refractivity contribution in [2.45, 2.75) is 76.9 Å². The number of rotatable bonds is 4. The van der Waals surface area contributed by atoms with Gasteiger partial charge in [-0.15, -0.1) is 0 Å².